The fourth-order valence-corrected chi connectivity index (χ4v) is 4.59. The summed E-state index contributed by atoms with van der Waals surface area (Å²) in [6.45, 7) is 4.47. The third-order valence-corrected chi connectivity index (χ3v) is 6.17. The van der Waals surface area contributed by atoms with Gasteiger partial charge in [0.05, 0.1) is 0 Å². The lowest BCUT2D eigenvalue weighted by Gasteiger charge is -2.26. The topological polar surface area (TPSA) is 80.3 Å². The molecule has 2 N–H and O–H groups in total. The second kappa shape index (κ2) is 6.50. The number of benzene rings is 1. The molecule has 0 radical (unpaired) electrons. The Kier molecular flexibility index (Phi) is 4.69. The highest BCUT2D eigenvalue weighted by Crippen LogP contribution is 2.33. The van der Waals surface area contributed by atoms with E-state index < -0.39 is 32.2 Å². The molecular formula is C15H17F2N3O3S2. The van der Waals surface area contributed by atoms with Gasteiger partial charge in [-0.1, -0.05) is 0 Å². The van der Waals surface area contributed by atoms with Crippen molar-refractivity contribution in [3.05, 3.63) is 34.8 Å². The van der Waals surface area contributed by atoms with E-state index in [1.807, 2.05) is 6.92 Å². The van der Waals surface area contributed by atoms with Crippen LogP contribution < -0.4 is 14.8 Å². The van der Waals surface area contributed by atoms with Crippen molar-refractivity contribution < 1.29 is 21.9 Å². The largest absolute Gasteiger partial charge is 0.486 e. The van der Waals surface area contributed by atoms with Gasteiger partial charge in [0.25, 0.3) is 10.0 Å². The van der Waals surface area contributed by atoms with Gasteiger partial charge in [0.15, 0.2) is 15.8 Å². The van der Waals surface area contributed by atoms with Gasteiger partial charge >= 0.3 is 0 Å². The highest BCUT2D eigenvalue weighted by Gasteiger charge is 2.34. The lowest BCUT2D eigenvalue weighted by molar-refractivity contribution is 0.108. The molecule has 0 amide bonds. The van der Waals surface area contributed by atoms with Gasteiger partial charge in [-0.05, 0) is 20.4 Å². The third kappa shape index (κ3) is 3.60. The van der Waals surface area contributed by atoms with Gasteiger partial charge in [-0.15, -0.1) is 11.3 Å². The summed E-state index contributed by atoms with van der Waals surface area (Å²) in [7, 11) is -4.45. The van der Waals surface area contributed by atoms with Gasteiger partial charge in [-0.2, -0.15) is 0 Å². The van der Waals surface area contributed by atoms with Crippen molar-refractivity contribution in [1.29, 1.82) is 0 Å². The van der Waals surface area contributed by atoms with E-state index in [0.29, 0.717) is 13.0 Å². The minimum atomic E-state index is -4.45. The van der Waals surface area contributed by atoms with Crippen molar-refractivity contribution in [3.8, 4) is 5.75 Å². The maximum Gasteiger partial charge on any atom is 0.269 e. The molecule has 1 aliphatic heterocycles. The second-order valence-corrected chi connectivity index (χ2v) is 8.56. The number of nitrogens with zero attached hydrogens (tertiary/aromatic N) is 1. The number of thiazole rings is 1. The van der Waals surface area contributed by atoms with Crippen LogP contribution in [0.1, 0.15) is 18.9 Å². The Morgan fingerprint density at radius 3 is 2.80 bits per heavy atom. The van der Waals surface area contributed by atoms with Crippen molar-refractivity contribution in [2.75, 3.05) is 17.8 Å². The minimum absolute atomic E-state index is 0.00519. The number of rotatable bonds is 5. The van der Waals surface area contributed by atoms with E-state index in [4.69, 9.17) is 4.74 Å². The lowest BCUT2D eigenvalue weighted by atomic mass is 10.1. The number of ether oxygens (including phenoxy) is 1. The highest BCUT2D eigenvalue weighted by atomic mass is 32.2. The molecule has 0 saturated carbocycles. The normalized spacial score (nSPS) is 20.6. The summed E-state index contributed by atoms with van der Waals surface area (Å²) >= 11 is 1.01. The Morgan fingerprint density at radius 2 is 2.20 bits per heavy atom. The van der Waals surface area contributed by atoms with Crippen molar-refractivity contribution in [3.63, 3.8) is 0 Å². The molecule has 6 nitrogen and oxygen atoms in total. The number of hydrogen-bond acceptors (Lipinski definition) is 6. The number of sulfonamides is 1. The quantitative estimate of drug-likeness (QED) is 0.822. The van der Waals surface area contributed by atoms with Crippen LogP contribution in [0.5, 0.6) is 5.75 Å². The molecule has 136 valence electrons. The van der Waals surface area contributed by atoms with E-state index in [0.717, 1.165) is 23.9 Å². The minimum Gasteiger partial charge on any atom is -0.486 e. The van der Waals surface area contributed by atoms with Crippen LogP contribution in [0.15, 0.2) is 22.5 Å². The predicted molar refractivity (Wildman–Crippen MR) is 90.5 cm³/mol. The van der Waals surface area contributed by atoms with Gasteiger partial charge in [-0.25, -0.2) is 22.2 Å². The standard InChI is InChI=1S/C15H17F2N3O3S2/c1-9-11(23-15(2)3-4-18-8-15)7-10(16)13(12(9)17)25(21,22)20-14-19-5-6-24-14/h5-7,18H,3-4,8H2,1-2H3,(H,19,20). The summed E-state index contributed by atoms with van der Waals surface area (Å²) in [6.07, 6.45) is 2.06. The number of halogens is 2. The van der Waals surface area contributed by atoms with Crippen LogP contribution in [0.2, 0.25) is 0 Å². The van der Waals surface area contributed by atoms with E-state index in [1.54, 1.807) is 5.38 Å². The second-order valence-electron chi connectivity index (χ2n) is 6.05. The van der Waals surface area contributed by atoms with E-state index in [-0.39, 0.29) is 16.4 Å². The summed E-state index contributed by atoms with van der Waals surface area (Å²) in [4.78, 5) is 2.72. The van der Waals surface area contributed by atoms with Gasteiger partial charge in [-0.3, -0.25) is 4.72 Å². The molecule has 1 aromatic heterocycles. The van der Waals surface area contributed by atoms with Crippen LogP contribution in [0, 0.1) is 18.6 Å². The molecule has 1 saturated heterocycles. The summed E-state index contributed by atoms with van der Waals surface area (Å²) < 4.78 is 61.6. The van der Waals surface area contributed by atoms with Gasteiger partial charge < -0.3 is 10.1 Å². The Balaban J connectivity index is 1.98. The number of aromatic nitrogens is 1. The van der Waals surface area contributed by atoms with Gasteiger partial charge in [0.1, 0.15) is 17.2 Å². The van der Waals surface area contributed by atoms with E-state index >= 15 is 0 Å². The molecule has 0 bridgehead atoms. The monoisotopic (exact) mass is 389 g/mol. The fourth-order valence-electron chi connectivity index (χ4n) is 2.61. The molecule has 1 unspecified atom stereocenters. The van der Waals surface area contributed by atoms with E-state index in [2.05, 4.69) is 15.0 Å². The van der Waals surface area contributed by atoms with Crippen LogP contribution >= 0.6 is 11.3 Å². The molecule has 1 aliphatic rings. The van der Waals surface area contributed by atoms with Crippen molar-refractivity contribution >= 4 is 26.5 Å². The van der Waals surface area contributed by atoms with E-state index in [9.17, 15) is 17.2 Å². The molecule has 3 rings (SSSR count). The Bertz CT molecular complexity index is 880. The molecule has 1 atom stereocenters. The average Bonchev–Trinajstić information content (AvgIpc) is 3.16. The summed E-state index contributed by atoms with van der Waals surface area (Å²) in [5.41, 5.74) is -0.655. The van der Waals surface area contributed by atoms with Crippen LogP contribution in [-0.4, -0.2) is 32.1 Å². The molecule has 0 spiro atoms. The first-order valence-electron chi connectivity index (χ1n) is 7.52. The van der Waals surface area contributed by atoms with Crippen LogP contribution in [-0.2, 0) is 10.0 Å². The molecule has 1 fully saturated rings. The first-order chi connectivity index (χ1) is 11.7. The van der Waals surface area contributed by atoms with E-state index in [1.165, 1.54) is 13.1 Å². The maximum atomic E-state index is 14.7. The molecular weight excluding hydrogens is 372 g/mol. The lowest BCUT2D eigenvalue weighted by Crippen LogP contribution is -2.35. The molecule has 2 aromatic rings. The zero-order valence-electron chi connectivity index (χ0n) is 13.6. The predicted octanol–water partition coefficient (Wildman–Crippen LogP) is 2.66. The highest BCUT2D eigenvalue weighted by molar-refractivity contribution is 7.93. The number of nitrogens with one attached hydrogen (secondary N) is 2. The number of anilines is 1. The van der Waals surface area contributed by atoms with Crippen LogP contribution in [0.25, 0.3) is 0 Å². The van der Waals surface area contributed by atoms with Crippen molar-refractivity contribution in [2.24, 2.45) is 0 Å². The summed E-state index contributed by atoms with van der Waals surface area (Å²) in [5, 5.41) is 4.69. The molecule has 10 heteroatoms. The average molecular weight is 389 g/mol. The van der Waals surface area contributed by atoms with Gasteiger partial charge in [0.2, 0.25) is 0 Å². The van der Waals surface area contributed by atoms with Crippen molar-refractivity contribution in [1.82, 2.24) is 10.3 Å². The number of hydrogen-bond donors (Lipinski definition) is 2. The summed E-state index contributed by atoms with van der Waals surface area (Å²) in [6, 6.07) is 0.915. The van der Waals surface area contributed by atoms with Crippen molar-refractivity contribution in [2.45, 2.75) is 30.8 Å². The third-order valence-electron chi connectivity index (χ3n) is 3.98. The zero-order chi connectivity index (χ0) is 18.2. The smallest absolute Gasteiger partial charge is 0.269 e. The van der Waals surface area contributed by atoms with Crippen LogP contribution in [0.4, 0.5) is 13.9 Å². The molecule has 0 aliphatic carbocycles. The Labute approximate surface area is 148 Å². The molecule has 1 aromatic carbocycles. The van der Waals surface area contributed by atoms with Gasteiger partial charge in [0, 0.05) is 36.2 Å². The van der Waals surface area contributed by atoms with Crippen LogP contribution in [0.3, 0.4) is 0 Å². The SMILES string of the molecule is Cc1c(OC2(C)CCNC2)cc(F)c(S(=O)(=O)Nc2nccs2)c1F. The Hall–Kier alpha value is -1.78. The summed E-state index contributed by atoms with van der Waals surface area (Å²) in [5.74, 6) is -2.39. The maximum absolute atomic E-state index is 14.7. The molecule has 25 heavy (non-hydrogen) atoms. The fraction of sp³-hybridized carbons (Fsp3) is 0.400. The Morgan fingerprint density at radius 1 is 1.44 bits per heavy atom. The first-order valence-corrected chi connectivity index (χ1v) is 9.89. The molecule has 2 heterocycles. The zero-order valence-corrected chi connectivity index (χ0v) is 15.2. The first kappa shape index (κ1) is 18.0.